The fourth-order valence-electron chi connectivity index (χ4n) is 1.75. The van der Waals surface area contributed by atoms with Crippen molar-refractivity contribution in [1.29, 1.82) is 0 Å². The van der Waals surface area contributed by atoms with Crippen LogP contribution in [0.3, 0.4) is 0 Å². The topological polar surface area (TPSA) is 38.1 Å². The van der Waals surface area contributed by atoms with E-state index >= 15 is 0 Å². The Hall–Kier alpha value is -1.68. The molecule has 16 heavy (non-hydrogen) atoms. The standard InChI is InChI=1S/C12H13FN2O/c1-2-12-9(8-16)7-14-15(12)11-5-3-4-10(13)6-11/h3-7,16H,2,8H2,1H3. The number of aromatic nitrogens is 2. The average molecular weight is 220 g/mol. The van der Waals surface area contributed by atoms with Gasteiger partial charge in [-0.2, -0.15) is 5.10 Å². The Bertz CT molecular complexity index is 494. The molecule has 0 radical (unpaired) electrons. The van der Waals surface area contributed by atoms with Gasteiger partial charge in [-0.1, -0.05) is 13.0 Å². The van der Waals surface area contributed by atoms with Gasteiger partial charge >= 0.3 is 0 Å². The molecule has 0 aliphatic heterocycles. The van der Waals surface area contributed by atoms with Gasteiger partial charge < -0.3 is 5.11 Å². The van der Waals surface area contributed by atoms with Gasteiger partial charge in [-0.05, 0) is 24.6 Å². The summed E-state index contributed by atoms with van der Waals surface area (Å²) in [5.41, 5.74) is 2.37. The van der Waals surface area contributed by atoms with Gasteiger partial charge in [0.15, 0.2) is 0 Å². The fraction of sp³-hybridized carbons (Fsp3) is 0.250. The van der Waals surface area contributed by atoms with Crippen LogP contribution < -0.4 is 0 Å². The van der Waals surface area contributed by atoms with E-state index in [0.29, 0.717) is 5.69 Å². The SMILES string of the molecule is CCc1c(CO)cnn1-c1cccc(F)c1. The zero-order valence-corrected chi connectivity index (χ0v) is 9.02. The maximum atomic E-state index is 13.1. The summed E-state index contributed by atoms with van der Waals surface area (Å²) < 4.78 is 14.7. The van der Waals surface area contributed by atoms with E-state index in [-0.39, 0.29) is 12.4 Å². The van der Waals surface area contributed by atoms with E-state index in [1.807, 2.05) is 6.92 Å². The summed E-state index contributed by atoms with van der Waals surface area (Å²) in [6.07, 6.45) is 2.36. The van der Waals surface area contributed by atoms with E-state index in [2.05, 4.69) is 5.10 Å². The smallest absolute Gasteiger partial charge is 0.125 e. The first-order valence-electron chi connectivity index (χ1n) is 5.18. The van der Waals surface area contributed by atoms with Crippen LogP contribution >= 0.6 is 0 Å². The highest BCUT2D eigenvalue weighted by atomic mass is 19.1. The van der Waals surface area contributed by atoms with Crippen molar-refractivity contribution in [3.05, 3.63) is 47.5 Å². The van der Waals surface area contributed by atoms with Crippen LogP contribution in [0.1, 0.15) is 18.2 Å². The Kier molecular flexibility index (Phi) is 3.01. The number of rotatable bonds is 3. The largest absolute Gasteiger partial charge is 0.392 e. The van der Waals surface area contributed by atoms with Crippen LogP contribution in [0.4, 0.5) is 4.39 Å². The molecule has 0 unspecified atom stereocenters. The lowest BCUT2D eigenvalue weighted by Gasteiger charge is -2.06. The van der Waals surface area contributed by atoms with Gasteiger partial charge in [-0.15, -0.1) is 0 Å². The number of aliphatic hydroxyl groups excluding tert-OH is 1. The zero-order chi connectivity index (χ0) is 11.5. The van der Waals surface area contributed by atoms with Crippen LogP contribution in [0.5, 0.6) is 0 Å². The van der Waals surface area contributed by atoms with Crippen molar-refractivity contribution >= 4 is 0 Å². The molecule has 0 aliphatic rings. The number of hydrogen-bond acceptors (Lipinski definition) is 2. The lowest BCUT2D eigenvalue weighted by molar-refractivity contribution is 0.280. The minimum absolute atomic E-state index is 0.0432. The van der Waals surface area contributed by atoms with Gasteiger partial charge in [0.2, 0.25) is 0 Å². The lowest BCUT2D eigenvalue weighted by atomic mass is 10.2. The predicted octanol–water partition coefficient (Wildman–Crippen LogP) is 2.07. The van der Waals surface area contributed by atoms with Crippen LogP contribution in [-0.2, 0) is 13.0 Å². The van der Waals surface area contributed by atoms with Crippen molar-refractivity contribution in [3.8, 4) is 5.69 Å². The number of nitrogens with zero attached hydrogens (tertiary/aromatic N) is 2. The number of benzene rings is 1. The molecule has 84 valence electrons. The highest BCUT2D eigenvalue weighted by Gasteiger charge is 2.09. The lowest BCUT2D eigenvalue weighted by Crippen LogP contribution is -2.03. The Labute approximate surface area is 93.2 Å². The summed E-state index contributed by atoms with van der Waals surface area (Å²) in [6.45, 7) is 1.93. The first kappa shape index (κ1) is 10.8. The second-order valence-electron chi connectivity index (χ2n) is 3.52. The molecule has 1 aromatic heterocycles. The van der Waals surface area contributed by atoms with Crippen molar-refractivity contribution in [3.63, 3.8) is 0 Å². The number of hydrogen-bond donors (Lipinski definition) is 1. The highest BCUT2D eigenvalue weighted by Crippen LogP contribution is 2.16. The van der Waals surface area contributed by atoms with Crippen LogP contribution in [-0.4, -0.2) is 14.9 Å². The minimum atomic E-state index is -0.291. The zero-order valence-electron chi connectivity index (χ0n) is 9.02. The molecule has 0 spiro atoms. The third-order valence-corrected chi connectivity index (χ3v) is 2.51. The molecule has 3 nitrogen and oxygen atoms in total. The minimum Gasteiger partial charge on any atom is -0.392 e. The number of halogens is 1. The summed E-state index contributed by atoms with van der Waals surface area (Å²) in [5, 5.41) is 13.3. The molecule has 2 aromatic rings. The van der Waals surface area contributed by atoms with Gasteiger partial charge in [0.1, 0.15) is 5.82 Å². The monoisotopic (exact) mass is 220 g/mol. The normalized spacial score (nSPS) is 10.7. The highest BCUT2D eigenvalue weighted by molar-refractivity contribution is 5.35. The summed E-state index contributed by atoms with van der Waals surface area (Å²) >= 11 is 0. The first-order valence-corrected chi connectivity index (χ1v) is 5.18. The van der Waals surface area contributed by atoms with Gasteiger partial charge in [0.05, 0.1) is 18.5 Å². The molecule has 0 aliphatic carbocycles. The van der Waals surface area contributed by atoms with Crippen molar-refractivity contribution in [1.82, 2.24) is 9.78 Å². The maximum Gasteiger partial charge on any atom is 0.125 e. The quantitative estimate of drug-likeness (QED) is 0.859. The molecular formula is C12H13FN2O. The summed E-state index contributed by atoms with van der Waals surface area (Å²) in [4.78, 5) is 0. The molecule has 0 atom stereocenters. The van der Waals surface area contributed by atoms with Crippen LogP contribution in [0.15, 0.2) is 30.5 Å². The summed E-state index contributed by atoms with van der Waals surface area (Å²) in [5.74, 6) is -0.291. The molecule has 0 amide bonds. The van der Waals surface area contributed by atoms with E-state index in [4.69, 9.17) is 5.11 Å². The van der Waals surface area contributed by atoms with Crippen LogP contribution in [0, 0.1) is 5.82 Å². The maximum absolute atomic E-state index is 13.1. The van der Waals surface area contributed by atoms with Crippen molar-refractivity contribution in [2.24, 2.45) is 0 Å². The van der Waals surface area contributed by atoms with E-state index in [1.54, 1.807) is 23.0 Å². The molecule has 1 aromatic carbocycles. The van der Waals surface area contributed by atoms with Crippen molar-refractivity contribution < 1.29 is 9.50 Å². The Morgan fingerprint density at radius 3 is 2.88 bits per heavy atom. The molecular weight excluding hydrogens is 207 g/mol. The Morgan fingerprint density at radius 2 is 2.25 bits per heavy atom. The fourth-order valence-corrected chi connectivity index (χ4v) is 1.75. The van der Waals surface area contributed by atoms with E-state index in [1.165, 1.54) is 12.1 Å². The molecule has 0 saturated carbocycles. The van der Waals surface area contributed by atoms with Gasteiger partial charge in [0.25, 0.3) is 0 Å². The van der Waals surface area contributed by atoms with Gasteiger partial charge in [-0.3, -0.25) is 0 Å². The summed E-state index contributed by atoms with van der Waals surface area (Å²) in [6, 6.07) is 6.25. The molecule has 1 N–H and O–H groups in total. The van der Waals surface area contributed by atoms with E-state index in [0.717, 1.165) is 17.7 Å². The molecule has 0 saturated heterocycles. The third kappa shape index (κ3) is 1.84. The Balaban J connectivity index is 2.51. The molecule has 1 heterocycles. The average Bonchev–Trinajstić information content (AvgIpc) is 2.71. The van der Waals surface area contributed by atoms with Crippen molar-refractivity contribution in [2.45, 2.75) is 20.0 Å². The first-order chi connectivity index (χ1) is 7.76. The molecule has 0 bridgehead atoms. The van der Waals surface area contributed by atoms with Crippen LogP contribution in [0.2, 0.25) is 0 Å². The predicted molar refractivity (Wildman–Crippen MR) is 58.8 cm³/mol. The molecule has 4 heteroatoms. The van der Waals surface area contributed by atoms with Crippen LogP contribution in [0.25, 0.3) is 5.69 Å². The second kappa shape index (κ2) is 4.45. The van der Waals surface area contributed by atoms with E-state index < -0.39 is 0 Å². The van der Waals surface area contributed by atoms with Gasteiger partial charge in [-0.25, -0.2) is 9.07 Å². The van der Waals surface area contributed by atoms with Crippen molar-refractivity contribution in [2.75, 3.05) is 0 Å². The Morgan fingerprint density at radius 1 is 1.44 bits per heavy atom. The number of aliphatic hydroxyl groups is 1. The summed E-state index contributed by atoms with van der Waals surface area (Å²) in [7, 11) is 0. The third-order valence-electron chi connectivity index (χ3n) is 2.51. The van der Waals surface area contributed by atoms with Gasteiger partial charge in [0, 0.05) is 11.3 Å². The molecule has 2 rings (SSSR count). The second-order valence-corrected chi connectivity index (χ2v) is 3.52. The molecule has 0 fully saturated rings. The van der Waals surface area contributed by atoms with E-state index in [9.17, 15) is 4.39 Å².